The van der Waals surface area contributed by atoms with Crippen LogP contribution < -0.4 is 15.8 Å². The van der Waals surface area contributed by atoms with Crippen LogP contribution in [0.1, 0.15) is 18.1 Å². The summed E-state index contributed by atoms with van der Waals surface area (Å²) < 4.78 is 5.75. The predicted octanol–water partition coefficient (Wildman–Crippen LogP) is 2.78. The molecule has 0 saturated heterocycles. The molecule has 1 unspecified atom stereocenters. The van der Waals surface area contributed by atoms with E-state index in [0.29, 0.717) is 11.6 Å². The van der Waals surface area contributed by atoms with Crippen molar-refractivity contribution < 1.29 is 9.53 Å². The first-order valence-corrected chi connectivity index (χ1v) is 6.74. The summed E-state index contributed by atoms with van der Waals surface area (Å²) in [4.78, 5) is 15.7. The molecule has 110 valence electrons. The lowest BCUT2D eigenvalue weighted by molar-refractivity contribution is -0.117. The van der Waals surface area contributed by atoms with Crippen molar-refractivity contribution >= 4 is 11.6 Å². The van der Waals surface area contributed by atoms with Crippen LogP contribution >= 0.6 is 0 Å². The van der Waals surface area contributed by atoms with Crippen LogP contribution in [0.15, 0.2) is 36.5 Å². The van der Waals surface area contributed by atoms with Gasteiger partial charge in [0.05, 0.1) is 17.9 Å². The van der Waals surface area contributed by atoms with Gasteiger partial charge in [-0.15, -0.1) is 0 Å². The minimum absolute atomic E-state index is 0.250. The van der Waals surface area contributed by atoms with Gasteiger partial charge in [-0.3, -0.25) is 4.79 Å². The SMILES string of the molecule is Cc1cccc(Oc2ccc(NC(=O)C(C)N)cn2)c1C. The van der Waals surface area contributed by atoms with E-state index in [2.05, 4.69) is 10.3 Å². The van der Waals surface area contributed by atoms with Crippen LogP contribution in [0.3, 0.4) is 0 Å². The van der Waals surface area contributed by atoms with Crippen LogP contribution in [0.2, 0.25) is 0 Å². The fraction of sp³-hybridized carbons (Fsp3) is 0.250. The summed E-state index contributed by atoms with van der Waals surface area (Å²) in [5, 5.41) is 2.67. The molecule has 0 aliphatic heterocycles. The minimum atomic E-state index is -0.559. The zero-order valence-electron chi connectivity index (χ0n) is 12.4. The third-order valence-electron chi connectivity index (χ3n) is 3.19. The molecule has 5 heteroatoms. The second kappa shape index (κ2) is 6.37. The van der Waals surface area contributed by atoms with E-state index < -0.39 is 6.04 Å². The number of carbonyl (C=O) groups is 1. The normalized spacial score (nSPS) is 11.8. The average Bonchev–Trinajstić information content (AvgIpc) is 2.46. The topological polar surface area (TPSA) is 77.2 Å². The van der Waals surface area contributed by atoms with Crippen molar-refractivity contribution in [3.63, 3.8) is 0 Å². The molecule has 0 saturated carbocycles. The van der Waals surface area contributed by atoms with Crippen molar-refractivity contribution in [3.05, 3.63) is 47.7 Å². The van der Waals surface area contributed by atoms with E-state index in [1.807, 2.05) is 32.0 Å². The molecule has 0 fully saturated rings. The highest BCUT2D eigenvalue weighted by molar-refractivity contribution is 5.94. The Morgan fingerprint density at radius 1 is 1.29 bits per heavy atom. The van der Waals surface area contributed by atoms with E-state index in [4.69, 9.17) is 10.5 Å². The molecule has 2 aromatic rings. The number of nitrogens with zero attached hydrogens (tertiary/aromatic N) is 1. The highest BCUT2D eigenvalue weighted by Gasteiger charge is 2.08. The Bertz CT molecular complexity index is 636. The highest BCUT2D eigenvalue weighted by atomic mass is 16.5. The molecular formula is C16H19N3O2. The van der Waals surface area contributed by atoms with Crippen molar-refractivity contribution in [2.45, 2.75) is 26.8 Å². The summed E-state index contributed by atoms with van der Waals surface area (Å²) in [6, 6.07) is 8.75. The number of hydrogen-bond donors (Lipinski definition) is 2. The maximum atomic E-state index is 11.5. The Balaban J connectivity index is 2.09. The molecule has 1 atom stereocenters. The quantitative estimate of drug-likeness (QED) is 0.905. The minimum Gasteiger partial charge on any atom is -0.439 e. The maximum Gasteiger partial charge on any atom is 0.241 e. The molecule has 0 aliphatic carbocycles. The molecule has 0 spiro atoms. The lowest BCUT2D eigenvalue weighted by Crippen LogP contribution is -2.32. The first-order valence-electron chi connectivity index (χ1n) is 6.74. The van der Waals surface area contributed by atoms with Gasteiger partial charge in [-0.2, -0.15) is 0 Å². The predicted molar refractivity (Wildman–Crippen MR) is 82.5 cm³/mol. The molecule has 5 nitrogen and oxygen atoms in total. The monoisotopic (exact) mass is 285 g/mol. The molecule has 1 aromatic carbocycles. The van der Waals surface area contributed by atoms with Crippen LogP contribution in [0.25, 0.3) is 0 Å². The third-order valence-corrected chi connectivity index (χ3v) is 3.19. The van der Waals surface area contributed by atoms with E-state index in [1.54, 1.807) is 25.3 Å². The van der Waals surface area contributed by atoms with E-state index in [1.165, 1.54) is 0 Å². The van der Waals surface area contributed by atoms with E-state index in [9.17, 15) is 4.79 Å². The molecule has 0 aliphatic rings. The van der Waals surface area contributed by atoms with Gasteiger partial charge in [0.2, 0.25) is 11.8 Å². The Labute approximate surface area is 124 Å². The summed E-state index contributed by atoms with van der Waals surface area (Å²) in [7, 11) is 0. The van der Waals surface area contributed by atoms with Crippen LogP contribution in [-0.4, -0.2) is 16.9 Å². The van der Waals surface area contributed by atoms with Crippen LogP contribution in [0.4, 0.5) is 5.69 Å². The summed E-state index contributed by atoms with van der Waals surface area (Å²) in [6.45, 7) is 5.66. The number of rotatable bonds is 4. The molecule has 1 aromatic heterocycles. The van der Waals surface area contributed by atoms with Gasteiger partial charge in [-0.1, -0.05) is 12.1 Å². The number of ether oxygens (including phenoxy) is 1. The molecule has 3 N–H and O–H groups in total. The van der Waals surface area contributed by atoms with E-state index in [0.717, 1.165) is 16.9 Å². The number of aryl methyl sites for hydroxylation is 1. The average molecular weight is 285 g/mol. The summed E-state index contributed by atoms with van der Waals surface area (Å²) >= 11 is 0. The lowest BCUT2D eigenvalue weighted by atomic mass is 10.1. The van der Waals surface area contributed by atoms with Crippen LogP contribution in [0.5, 0.6) is 11.6 Å². The number of nitrogens with one attached hydrogen (secondary N) is 1. The van der Waals surface area contributed by atoms with Crippen molar-refractivity contribution in [1.82, 2.24) is 4.98 Å². The number of carbonyl (C=O) groups excluding carboxylic acids is 1. The molecule has 0 radical (unpaired) electrons. The van der Waals surface area contributed by atoms with Gasteiger partial charge in [0.25, 0.3) is 0 Å². The van der Waals surface area contributed by atoms with Gasteiger partial charge in [0.15, 0.2) is 0 Å². The fourth-order valence-electron chi connectivity index (χ4n) is 1.72. The maximum absolute atomic E-state index is 11.5. The molecular weight excluding hydrogens is 266 g/mol. The molecule has 1 heterocycles. The number of pyridine rings is 1. The third kappa shape index (κ3) is 3.79. The lowest BCUT2D eigenvalue weighted by Gasteiger charge is -2.11. The number of amides is 1. The van der Waals surface area contributed by atoms with Crippen molar-refractivity contribution in [2.24, 2.45) is 5.73 Å². The van der Waals surface area contributed by atoms with Gasteiger partial charge < -0.3 is 15.8 Å². The molecule has 2 rings (SSSR count). The van der Waals surface area contributed by atoms with Crippen molar-refractivity contribution in [1.29, 1.82) is 0 Å². The number of hydrogen-bond acceptors (Lipinski definition) is 4. The van der Waals surface area contributed by atoms with Crippen LogP contribution in [0, 0.1) is 13.8 Å². The number of anilines is 1. The zero-order chi connectivity index (χ0) is 15.4. The number of benzene rings is 1. The van der Waals surface area contributed by atoms with Crippen molar-refractivity contribution in [3.8, 4) is 11.6 Å². The van der Waals surface area contributed by atoms with Gasteiger partial charge in [-0.05, 0) is 44.0 Å². The van der Waals surface area contributed by atoms with Gasteiger partial charge in [-0.25, -0.2) is 4.98 Å². The molecule has 1 amide bonds. The Morgan fingerprint density at radius 2 is 2.05 bits per heavy atom. The van der Waals surface area contributed by atoms with Crippen molar-refractivity contribution in [2.75, 3.05) is 5.32 Å². The second-order valence-electron chi connectivity index (χ2n) is 4.96. The summed E-state index contributed by atoms with van der Waals surface area (Å²) in [5.74, 6) is 0.998. The van der Waals surface area contributed by atoms with E-state index in [-0.39, 0.29) is 5.91 Å². The second-order valence-corrected chi connectivity index (χ2v) is 4.96. The summed E-state index contributed by atoms with van der Waals surface area (Å²) in [6.07, 6.45) is 1.54. The summed E-state index contributed by atoms with van der Waals surface area (Å²) in [5.41, 5.74) is 8.32. The Kier molecular flexibility index (Phi) is 4.55. The standard InChI is InChI=1S/C16H19N3O2/c1-10-5-4-6-14(11(10)2)21-15-8-7-13(9-18-15)19-16(20)12(3)17/h4-9,12H,17H2,1-3H3,(H,19,20). The smallest absolute Gasteiger partial charge is 0.241 e. The molecule has 0 bridgehead atoms. The highest BCUT2D eigenvalue weighted by Crippen LogP contribution is 2.26. The number of nitrogens with two attached hydrogens (primary N) is 1. The van der Waals surface area contributed by atoms with E-state index >= 15 is 0 Å². The first kappa shape index (κ1) is 15.0. The first-order chi connectivity index (χ1) is 9.97. The fourth-order valence-corrected chi connectivity index (χ4v) is 1.72. The van der Waals surface area contributed by atoms with Gasteiger partial charge in [0.1, 0.15) is 5.75 Å². The van der Waals surface area contributed by atoms with Crippen LogP contribution in [-0.2, 0) is 4.79 Å². The Morgan fingerprint density at radius 3 is 2.67 bits per heavy atom. The zero-order valence-corrected chi connectivity index (χ0v) is 12.4. The molecule has 21 heavy (non-hydrogen) atoms. The van der Waals surface area contributed by atoms with Gasteiger partial charge >= 0.3 is 0 Å². The Hall–Kier alpha value is -2.40. The number of aromatic nitrogens is 1. The van der Waals surface area contributed by atoms with Gasteiger partial charge in [0, 0.05) is 6.07 Å². The largest absolute Gasteiger partial charge is 0.439 e.